The molecule has 1 N–H and O–H groups in total. The molecule has 0 atom stereocenters. The van der Waals surface area contributed by atoms with E-state index in [1.54, 1.807) is 11.8 Å². The Morgan fingerprint density at radius 2 is 2.17 bits per heavy atom. The van der Waals surface area contributed by atoms with E-state index in [0.29, 0.717) is 5.69 Å². The lowest BCUT2D eigenvalue weighted by atomic mass is 10.0. The zero-order valence-corrected chi connectivity index (χ0v) is 15.0. The maximum absolute atomic E-state index is 12.2. The van der Waals surface area contributed by atoms with E-state index >= 15 is 0 Å². The van der Waals surface area contributed by atoms with Crippen molar-refractivity contribution in [3.05, 3.63) is 40.9 Å². The van der Waals surface area contributed by atoms with Crippen molar-refractivity contribution in [2.45, 2.75) is 30.1 Å². The minimum absolute atomic E-state index is 0.0458. The van der Waals surface area contributed by atoms with Gasteiger partial charge in [-0.2, -0.15) is 0 Å². The Hall–Kier alpha value is -1.53. The number of thiazole rings is 1. The van der Waals surface area contributed by atoms with E-state index in [9.17, 15) is 4.79 Å². The predicted molar refractivity (Wildman–Crippen MR) is 97.8 cm³/mol. The van der Waals surface area contributed by atoms with Gasteiger partial charge in [0.25, 0.3) is 5.91 Å². The zero-order valence-electron chi connectivity index (χ0n) is 13.4. The number of rotatable bonds is 4. The molecule has 1 amide bonds. The molecule has 1 aromatic heterocycles. The molecule has 1 saturated heterocycles. The van der Waals surface area contributed by atoms with Gasteiger partial charge in [0.1, 0.15) is 10.0 Å². The monoisotopic (exact) mass is 347 g/mol. The number of aromatic nitrogens is 1. The number of piperidine rings is 1. The molecule has 122 valence electrons. The summed E-state index contributed by atoms with van der Waals surface area (Å²) in [6.45, 7) is 4.07. The van der Waals surface area contributed by atoms with Gasteiger partial charge in [-0.15, -0.1) is 11.3 Å². The summed E-state index contributed by atoms with van der Waals surface area (Å²) in [6.07, 6.45) is 3.92. The predicted octanol–water partition coefficient (Wildman–Crippen LogP) is 3.57. The van der Waals surface area contributed by atoms with Crippen molar-refractivity contribution < 1.29 is 4.79 Å². The zero-order chi connectivity index (χ0) is 16.2. The van der Waals surface area contributed by atoms with Crippen LogP contribution >= 0.6 is 23.1 Å². The normalized spacial score (nSPS) is 15.7. The molecular weight excluding hydrogens is 326 g/mol. The van der Waals surface area contributed by atoms with E-state index in [1.807, 2.05) is 11.6 Å². The Kier molecular flexibility index (Phi) is 5.23. The van der Waals surface area contributed by atoms with Crippen LogP contribution in [0.2, 0.25) is 0 Å². The molecule has 23 heavy (non-hydrogen) atoms. The van der Waals surface area contributed by atoms with Crippen LogP contribution in [0.5, 0.6) is 0 Å². The lowest BCUT2D eigenvalue weighted by Crippen LogP contribution is -2.44. The summed E-state index contributed by atoms with van der Waals surface area (Å²) in [5, 5.41) is 4.96. The number of amides is 1. The lowest BCUT2D eigenvalue weighted by molar-refractivity contribution is 0.0926. The van der Waals surface area contributed by atoms with Crippen molar-refractivity contribution in [1.29, 1.82) is 0 Å². The average Bonchev–Trinajstić information content (AvgIpc) is 3.05. The van der Waals surface area contributed by atoms with Gasteiger partial charge in [0, 0.05) is 30.2 Å². The van der Waals surface area contributed by atoms with Crippen molar-refractivity contribution in [2.75, 3.05) is 24.2 Å². The van der Waals surface area contributed by atoms with Crippen LogP contribution in [0.4, 0.5) is 5.69 Å². The number of nitrogens with zero attached hydrogens (tertiary/aromatic N) is 2. The van der Waals surface area contributed by atoms with Gasteiger partial charge >= 0.3 is 0 Å². The summed E-state index contributed by atoms with van der Waals surface area (Å²) >= 11 is 3.09. The third kappa shape index (κ3) is 4.06. The maximum atomic E-state index is 12.2. The molecule has 1 fully saturated rings. The summed E-state index contributed by atoms with van der Waals surface area (Å²) in [7, 11) is 0. The molecule has 0 unspecified atom stereocenters. The average molecular weight is 348 g/mol. The molecule has 0 saturated carbocycles. The molecule has 3 rings (SSSR count). The minimum Gasteiger partial charge on any atom is -0.371 e. The summed E-state index contributed by atoms with van der Waals surface area (Å²) in [4.78, 5) is 19.0. The molecule has 6 heteroatoms. The van der Waals surface area contributed by atoms with Crippen molar-refractivity contribution in [2.24, 2.45) is 0 Å². The van der Waals surface area contributed by atoms with Crippen molar-refractivity contribution in [1.82, 2.24) is 10.3 Å². The second-order valence-electron chi connectivity index (χ2n) is 5.78. The van der Waals surface area contributed by atoms with E-state index in [-0.39, 0.29) is 11.9 Å². The molecule has 2 heterocycles. The molecule has 4 nitrogen and oxygen atoms in total. The smallest absolute Gasteiger partial charge is 0.271 e. The Morgan fingerprint density at radius 3 is 2.83 bits per heavy atom. The first-order valence-electron chi connectivity index (χ1n) is 7.77. The minimum atomic E-state index is -0.0458. The Bertz CT molecular complexity index is 678. The van der Waals surface area contributed by atoms with Crippen LogP contribution < -0.4 is 10.2 Å². The van der Waals surface area contributed by atoms with E-state index in [1.165, 1.54) is 22.6 Å². The van der Waals surface area contributed by atoms with E-state index < -0.39 is 0 Å². The maximum Gasteiger partial charge on any atom is 0.271 e. The van der Waals surface area contributed by atoms with Gasteiger partial charge in [0.2, 0.25) is 0 Å². The number of benzene rings is 1. The van der Waals surface area contributed by atoms with E-state index in [2.05, 4.69) is 46.4 Å². The summed E-state index contributed by atoms with van der Waals surface area (Å²) < 4.78 is 0.935. The Morgan fingerprint density at radius 1 is 1.39 bits per heavy atom. The number of hydrogen-bond acceptors (Lipinski definition) is 5. The molecule has 1 aromatic carbocycles. The Balaban J connectivity index is 1.53. The fraction of sp³-hybridized carbons (Fsp3) is 0.412. The van der Waals surface area contributed by atoms with Crippen LogP contribution in [0.15, 0.2) is 34.0 Å². The van der Waals surface area contributed by atoms with Gasteiger partial charge in [-0.3, -0.25) is 4.79 Å². The van der Waals surface area contributed by atoms with Crippen LogP contribution in [0.1, 0.15) is 28.9 Å². The van der Waals surface area contributed by atoms with Crippen LogP contribution in [0, 0.1) is 6.92 Å². The first-order chi connectivity index (χ1) is 11.2. The first-order valence-corrected chi connectivity index (χ1v) is 9.88. The van der Waals surface area contributed by atoms with Gasteiger partial charge in [0.05, 0.1) is 0 Å². The number of nitrogens with one attached hydrogen (secondary N) is 1. The highest BCUT2D eigenvalue weighted by molar-refractivity contribution is 8.00. The van der Waals surface area contributed by atoms with Crippen LogP contribution in [-0.2, 0) is 0 Å². The highest BCUT2D eigenvalue weighted by Gasteiger charge is 2.22. The third-order valence-electron chi connectivity index (χ3n) is 4.09. The van der Waals surface area contributed by atoms with Gasteiger partial charge in [0.15, 0.2) is 0 Å². The van der Waals surface area contributed by atoms with Gasteiger partial charge in [-0.1, -0.05) is 23.9 Å². The molecule has 0 aliphatic carbocycles. The summed E-state index contributed by atoms with van der Waals surface area (Å²) in [5.74, 6) is -0.0458. The van der Waals surface area contributed by atoms with E-state index in [4.69, 9.17) is 0 Å². The van der Waals surface area contributed by atoms with Gasteiger partial charge in [-0.25, -0.2) is 4.98 Å². The molecule has 0 bridgehead atoms. The number of hydrogen-bond donors (Lipinski definition) is 1. The van der Waals surface area contributed by atoms with Crippen molar-refractivity contribution >= 4 is 34.7 Å². The van der Waals surface area contributed by atoms with Crippen molar-refractivity contribution in [3.8, 4) is 0 Å². The molecule has 1 aliphatic rings. The number of aryl methyl sites for hydroxylation is 1. The molecule has 1 aliphatic heterocycles. The summed E-state index contributed by atoms with van der Waals surface area (Å²) in [6, 6.07) is 8.84. The topological polar surface area (TPSA) is 45.2 Å². The second kappa shape index (κ2) is 7.36. The Labute approximate surface area is 145 Å². The first kappa shape index (κ1) is 16.3. The van der Waals surface area contributed by atoms with Crippen LogP contribution in [0.3, 0.4) is 0 Å². The van der Waals surface area contributed by atoms with Gasteiger partial charge in [-0.05, 0) is 43.7 Å². The highest BCUT2D eigenvalue weighted by Crippen LogP contribution is 2.22. The lowest BCUT2D eigenvalue weighted by Gasteiger charge is -2.34. The number of thioether (sulfide) groups is 1. The third-order valence-corrected chi connectivity index (χ3v) is 5.95. The number of anilines is 1. The second-order valence-corrected chi connectivity index (χ2v) is 7.69. The van der Waals surface area contributed by atoms with Crippen molar-refractivity contribution in [3.63, 3.8) is 0 Å². The number of carbonyl (C=O) groups excluding carboxylic acids is 1. The summed E-state index contributed by atoms with van der Waals surface area (Å²) in [5.41, 5.74) is 3.10. The van der Waals surface area contributed by atoms with Gasteiger partial charge < -0.3 is 10.2 Å². The fourth-order valence-electron chi connectivity index (χ4n) is 2.82. The molecule has 0 spiro atoms. The molecule has 2 aromatic rings. The SMILES string of the molecule is CSc1nc(C(=O)NC2CCN(c3cccc(C)c3)CC2)cs1. The number of carbonyl (C=O) groups is 1. The largest absolute Gasteiger partial charge is 0.371 e. The quantitative estimate of drug-likeness (QED) is 0.859. The fourth-order valence-corrected chi connectivity index (χ4v) is 4.06. The standard InChI is InChI=1S/C17H21N3OS2/c1-12-4-3-5-14(10-12)20-8-6-13(7-9-20)18-16(21)15-11-23-17(19-15)22-2/h3-5,10-11,13H,6-9H2,1-2H3,(H,18,21). The highest BCUT2D eigenvalue weighted by atomic mass is 32.2. The van der Waals surface area contributed by atoms with E-state index in [0.717, 1.165) is 30.3 Å². The molecular formula is C17H21N3OS2. The molecule has 0 radical (unpaired) electrons. The van der Waals surface area contributed by atoms with Crippen LogP contribution in [0.25, 0.3) is 0 Å². The van der Waals surface area contributed by atoms with Crippen LogP contribution in [-0.4, -0.2) is 36.3 Å².